The van der Waals surface area contributed by atoms with Crippen LogP contribution in [0.5, 0.6) is 11.5 Å². The number of aryl methyl sites for hydroxylation is 1. The zero-order chi connectivity index (χ0) is 12.4. The molecule has 1 atom stereocenters. The van der Waals surface area contributed by atoms with E-state index in [-0.39, 0.29) is 6.10 Å². The summed E-state index contributed by atoms with van der Waals surface area (Å²) in [6.45, 7) is 1.02. The fraction of sp³-hybridized carbons (Fsp3) is 0.571. The molecule has 0 amide bonds. The highest BCUT2D eigenvalue weighted by Gasteiger charge is 2.21. The van der Waals surface area contributed by atoms with E-state index >= 15 is 0 Å². The molecule has 1 fully saturated rings. The summed E-state index contributed by atoms with van der Waals surface area (Å²) in [5, 5.41) is 13.2. The number of hydrogen-bond donors (Lipinski definition) is 2. The van der Waals surface area contributed by atoms with Gasteiger partial charge in [-0.15, -0.1) is 0 Å². The van der Waals surface area contributed by atoms with Gasteiger partial charge in [0.25, 0.3) is 0 Å². The Morgan fingerprint density at radius 1 is 1.28 bits per heavy atom. The molecule has 0 bridgehead atoms. The van der Waals surface area contributed by atoms with Crippen molar-refractivity contribution in [3.8, 4) is 11.5 Å². The van der Waals surface area contributed by atoms with Crippen LogP contribution in [-0.4, -0.2) is 30.6 Å². The van der Waals surface area contributed by atoms with E-state index in [1.165, 1.54) is 18.4 Å². The molecule has 0 saturated heterocycles. The van der Waals surface area contributed by atoms with Crippen LogP contribution in [0.25, 0.3) is 0 Å². The highest BCUT2D eigenvalue weighted by Crippen LogP contribution is 2.32. The zero-order valence-electron chi connectivity index (χ0n) is 10.4. The summed E-state index contributed by atoms with van der Waals surface area (Å²) in [7, 11) is 0. The second-order valence-electron chi connectivity index (χ2n) is 5.06. The summed E-state index contributed by atoms with van der Waals surface area (Å²) in [5.74, 6) is 1.63. The average Bonchev–Trinajstić information content (AvgIpc) is 3.10. The van der Waals surface area contributed by atoms with Gasteiger partial charge in [-0.1, -0.05) is 6.07 Å². The van der Waals surface area contributed by atoms with Crippen LogP contribution >= 0.6 is 0 Å². The third-order valence-corrected chi connectivity index (χ3v) is 3.42. The van der Waals surface area contributed by atoms with Crippen molar-refractivity contribution in [3.63, 3.8) is 0 Å². The van der Waals surface area contributed by atoms with Crippen molar-refractivity contribution >= 4 is 0 Å². The molecular formula is C14H19NO3. The highest BCUT2D eigenvalue weighted by molar-refractivity contribution is 5.44. The SMILES string of the molecule is OC(CCc1ccc2c(c1)OCO2)CNC1CC1. The van der Waals surface area contributed by atoms with Crippen molar-refractivity contribution in [2.24, 2.45) is 0 Å². The van der Waals surface area contributed by atoms with Crippen molar-refractivity contribution in [3.05, 3.63) is 23.8 Å². The quantitative estimate of drug-likeness (QED) is 0.801. The number of ether oxygens (including phenoxy) is 2. The monoisotopic (exact) mass is 249 g/mol. The molecule has 18 heavy (non-hydrogen) atoms. The lowest BCUT2D eigenvalue weighted by atomic mass is 10.1. The smallest absolute Gasteiger partial charge is 0.231 e. The van der Waals surface area contributed by atoms with Gasteiger partial charge in [-0.3, -0.25) is 0 Å². The maximum Gasteiger partial charge on any atom is 0.231 e. The van der Waals surface area contributed by atoms with Crippen molar-refractivity contribution in [1.82, 2.24) is 5.32 Å². The van der Waals surface area contributed by atoms with Crippen LogP contribution in [0, 0.1) is 0 Å². The Hall–Kier alpha value is -1.26. The minimum Gasteiger partial charge on any atom is -0.454 e. The molecule has 1 aliphatic carbocycles. The van der Waals surface area contributed by atoms with Crippen LogP contribution in [0.15, 0.2) is 18.2 Å². The van der Waals surface area contributed by atoms with Gasteiger partial charge in [0.05, 0.1) is 6.10 Å². The second-order valence-corrected chi connectivity index (χ2v) is 5.06. The number of benzene rings is 1. The maximum atomic E-state index is 9.86. The van der Waals surface area contributed by atoms with E-state index in [1.807, 2.05) is 18.2 Å². The molecule has 98 valence electrons. The number of aliphatic hydroxyl groups excluding tert-OH is 1. The molecule has 1 aliphatic heterocycles. The Balaban J connectivity index is 1.46. The van der Waals surface area contributed by atoms with Gasteiger partial charge in [-0.05, 0) is 43.4 Å². The first-order valence-corrected chi connectivity index (χ1v) is 6.61. The summed E-state index contributed by atoms with van der Waals surface area (Å²) in [5.41, 5.74) is 1.18. The van der Waals surface area contributed by atoms with Crippen LogP contribution in [0.2, 0.25) is 0 Å². The minimum absolute atomic E-state index is 0.268. The van der Waals surface area contributed by atoms with Gasteiger partial charge < -0.3 is 19.9 Å². The topological polar surface area (TPSA) is 50.7 Å². The van der Waals surface area contributed by atoms with Crippen LogP contribution in [0.4, 0.5) is 0 Å². The Morgan fingerprint density at radius 3 is 2.94 bits per heavy atom. The number of rotatable bonds is 6. The van der Waals surface area contributed by atoms with Gasteiger partial charge in [0.15, 0.2) is 11.5 Å². The number of aliphatic hydroxyl groups is 1. The van der Waals surface area contributed by atoms with E-state index < -0.39 is 0 Å². The van der Waals surface area contributed by atoms with Gasteiger partial charge in [0, 0.05) is 12.6 Å². The first-order chi connectivity index (χ1) is 8.81. The third kappa shape index (κ3) is 2.94. The number of fused-ring (bicyclic) bond motifs is 1. The van der Waals surface area contributed by atoms with Crippen molar-refractivity contribution in [2.45, 2.75) is 37.8 Å². The van der Waals surface area contributed by atoms with Crippen LogP contribution in [0.1, 0.15) is 24.8 Å². The van der Waals surface area contributed by atoms with Crippen LogP contribution in [-0.2, 0) is 6.42 Å². The standard InChI is InChI=1S/C14H19NO3/c16-12(8-15-11-3-4-11)5-1-10-2-6-13-14(7-10)18-9-17-13/h2,6-7,11-12,15-16H,1,3-5,8-9H2. The molecule has 1 unspecified atom stereocenters. The van der Waals surface area contributed by atoms with Crippen molar-refractivity contribution < 1.29 is 14.6 Å². The molecule has 2 aliphatic rings. The summed E-state index contributed by atoms with van der Waals surface area (Å²) >= 11 is 0. The molecule has 2 N–H and O–H groups in total. The van der Waals surface area contributed by atoms with E-state index in [0.29, 0.717) is 19.4 Å². The maximum absolute atomic E-state index is 9.86. The second kappa shape index (κ2) is 5.16. The lowest BCUT2D eigenvalue weighted by Crippen LogP contribution is -2.28. The molecule has 1 heterocycles. The zero-order valence-corrected chi connectivity index (χ0v) is 10.4. The Labute approximate surface area is 107 Å². The van der Waals surface area contributed by atoms with Gasteiger partial charge in [-0.2, -0.15) is 0 Å². The highest BCUT2D eigenvalue weighted by atomic mass is 16.7. The first-order valence-electron chi connectivity index (χ1n) is 6.61. The van der Waals surface area contributed by atoms with E-state index in [1.54, 1.807) is 0 Å². The predicted octanol–water partition coefficient (Wildman–Crippen LogP) is 1.46. The van der Waals surface area contributed by atoms with E-state index in [9.17, 15) is 5.11 Å². The molecule has 1 saturated carbocycles. The minimum atomic E-state index is -0.268. The summed E-state index contributed by atoms with van der Waals surface area (Å²) in [6.07, 6.45) is 3.89. The fourth-order valence-electron chi connectivity index (χ4n) is 2.12. The molecule has 3 rings (SSSR count). The molecule has 1 aromatic rings. The van der Waals surface area contributed by atoms with Crippen molar-refractivity contribution in [1.29, 1.82) is 0 Å². The molecule has 0 aromatic heterocycles. The van der Waals surface area contributed by atoms with Crippen LogP contribution < -0.4 is 14.8 Å². The van der Waals surface area contributed by atoms with Gasteiger partial charge in [0.2, 0.25) is 6.79 Å². The molecule has 0 spiro atoms. The lowest BCUT2D eigenvalue weighted by molar-refractivity contribution is 0.161. The Bertz CT molecular complexity index is 418. The van der Waals surface area contributed by atoms with E-state index in [4.69, 9.17) is 9.47 Å². The van der Waals surface area contributed by atoms with Crippen molar-refractivity contribution in [2.75, 3.05) is 13.3 Å². The molecule has 4 nitrogen and oxygen atoms in total. The average molecular weight is 249 g/mol. The Morgan fingerprint density at radius 2 is 2.11 bits per heavy atom. The van der Waals surface area contributed by atoms with E-state index in [2.05, 4.69) is 5.32 Å². The fourth-order valence-corrected chi connectivity index (χ4v) is 2.12. The first kappa shape index (κ1) is 11.8. The molecule has 1 aromatic carbocycles. The van der Waals surface area contributed by atoms with E-state index in [0.717, 1.165) is 24.3 Å². The summed E-state index contributed by atoms with van der Waals surface area (Å²) in [6, 6.07) is 6.63. The van der Waals surface area contributed by atoms with Gasteiger partial charge >= 0.3 is 0 Å². The third-order valence-electron chi connectivity index (χ3n) is 3.42. The predicted molar refractivity (Wildman–Crippen MR) is 67.9 cm³/mol. The molecule has 4 heteroatoms. The normalized spacial score (nSPS) is 18.9. The van der Waals surface area contributed by atoms with Gasteiger partial charge in [0.1, 0.15) is 0 Å². The Kier molecular flexibility index (Phi) is 3.39. The lowest BCUT2D eigenvalue weighted by Gasteiger charge is -2.11. The largest absolute Gasteiger partial charge is 0.454 e. The molecular weight excluding hydrogens is 230 g/mol. The summed E-state index contributed by atoms with van der Waals surface area (Å²) < 4.78 is 10.6. The number of nitrogens with one attached hydrogen (secondary N) is 1. The number of hydrogen-bond acceptors (Lipinski definition) is 4. The molecule has 0 radical (unpaired) electrons. The van der Waals surface area contributed by atoms with Crippen LogP contribution in [0.3, 0.4) is 0 Å². The van der Waals surface area contributed by atoms with Gasteiger partial charge in [-0.25, -0.2) is 0 Å². The summed E-state index contributed by atoms with van der Waals surface area (Å²) in [4.78, 5) is 0.